The first-order valence-electron chi connectivity index (χ1n) is 5.38. The molecule has 92 valence electrons. The molecule has 1 aliphatic rings. The zero-order valence-electron chi connectivity index (χ0n) is 10.1. The molecule has 1 unspecified atom stereocenters. The average Bonchev–Trinajstić information content (AvgIpc) is 2.42. The van der Waals surface area contributed by atoms with Crippen LogP contribution in [0.4, 0.5) is 0 Å². The number of rotatable bonds is 3. The van der Waals surface area contributed by atoms with Crippen LogP contribution >= 0.6 is 0 Å². The Labute approximate surface area is 95.0 Å². The summed E-state index contributed by atoms with van der Waals surface area (Å²) in [6.07, 6.45) is -0.713. The first-order valence-corrected chi connectivity index (χ1v) is 5.38. The summed E-state index contributed by atoms with van der Waals surface area (Å²) in [5.74, 6) is -0.607. The summed E-state index contributed by atoms with van der Waals surface area (Å²) in [6, 6.07) is 0. The third kappa shape index (κ3) is 3.20. The van der Waals surface area contributed by atoms with Gasteiger partial charge in [0.1, 0.15) is 18.8 Å². The van der Waals surface area contributed by atoms with E-state index in [9.17, 15) is 9.59 Å². The summed E-state index contributed by atoms with van der Waals surface area (Å²) < 4.78 is 15.6. The van der Waals surface area contributed by atoms with E-state index in [0.29, 0.717) is 0 Å². The van der Waals surface area contributed by atoms with Crippen molar-refractivity contribution < 1.29 is 23.8 Å². The van der Waals surface area contributed by atoms with Gasteiger partial charge in [0.25, 0.3) is 0 Å². The largest absolute Gasteiger partial charge is 0.463 e. The fourth-order valence-electron chi connectivity index (χ4n) is 1.79. The molecule has 0 saturated carbocycles. The minimum atomic E-state index is -0.364. The molecule has 0 aromatic heterocycles. The van der Waals surface area contributed by atoms with E-state index in [1.807, 2.05) is 13.8 Å². The minimum absolute atomic E-state index is 0.00934. The second-order valence-corrected chi connectivity index (χ2v) is 4.12. The van der Waals surface area contributed by atoms with Crippen LogP contribution in [-0.4, -0.2) is 36.9 Å². The van der Waals surface area contributed by atoms with Crippen LogP contribution < -0.4 is 0 Å². The van der Waals surface area contributed by atoms with Crippen molar-refractivity contribution in [2.75, 3.05) is 6.61 Å². The molecule has 0 spiro atoms. The monoisotopic (exact) mass is 230 g/mol. The van der Waals surface area contributed by atoms with Gasteiger partial charge in [-0.25, -0.2) is 0 Å². The van der Waals surface area contributed by atoms with Gasteiger partial charge in [-0.1, -0.05) is 6.92 Å². The van der Waals surface area contributed by atoms with Gasteiger partial charge in [-0.3, -0.25) is 9.59 Å². The van der Waals surface area contributed by atoms with Crippen LogP contribution in [0.15, 0.2) is 0 Å². The Balaban J connectivity index is 2.59. The maximum atomic E-state index is 11.0. The second kappa shape index (κ2) is 5.30. The molecular formula is C11H18O5. The fraction of sp³-hybridized carbons (Fsp3) is 0.818. The van der Waals surface area contributed by atoms with Crippen LogP contribution in [0.2, 0.25) is 0 Å². The first-order chi connectivity index (χ1) is 7.41. The molecule has 5 nitrogen and oxygen atoms in total. The molecule has 0 radical (unpaired) electrons. The van der Waals surface area contributed by atoms with Crippen LogP contribution in [0.1, 0.15) is 27.7 Å². The number of hydrogen-bond acceptors (Lipinski definition) is 5. The molecule has 0 aromatic carbocycles. The van der Waals surface area contributed by atoms with E-state index >= 15 is 0 Å². The van der Waals surface area contributed by atoms with Crippen molar-refractivity contribution >= 4 is 11.9 Å². The molecule has 0 aromatic rings. The average molecular weight is 230 g/mol. The maximum Gasteiger partial charge on any atom is 0.303 e. The summed E-state index contributed by atoms with van der Waals surface area (Å²) in [4.78, 5) is 21.7. The lowest BCUT2D eigenvalue weighted by molar-refractivity contribution is -0.155. The Bertz CT molecular complexity index is 276. The molecule has 16 heavy (non-hydrogen) atoms. The second-order valence-electron chi connectivity index (χ2n) is 4.12. The Morgan fingerprint density at radius 1 is 1.19 bits per heavy atom. The minimum Gasteiger partial charge on any atom is -0.463 e. The molecule has 0 aliphatic carbocycles. The van der Waals surface area contributed by atoms with E-state index in [1.54, 1.807) is 0 Å². The Morgan fingerprint density at radius 3 is 2.31 bits per heavy atom. The van der Waals surface area contributed by atoms with Gasteiger partial charge < -0.3 is 14.2 Å². The third-order valence-corrected chi connectivity index (χ3v) is 2.77. The van der Waals surface area contributed by atoms with E-state index in [-0.39, 0.29) is 42.8 Å². The molecule has 0 N–H and O–H groups in total. The van der Waals surface area contributed by atoms with Crippen molar-refractivity contribution in [1.29, 1.82) is 0 Å². The van der Waals surface area contributed by atoms with Crippen molar-refractivity contribution in [3.63, 3.8) is 0 Å². The van der Waals surface area contributed by atoms with Crippen LogP contribution in [0.25, 0.3) is 0 Å². The number of carbonyl (C=O) groups is 2. The predicted molar refractivity (Wildman–Crippen MR) is 55.7 cm³/mol. The number of carbonyl (C=O) groups excluding carboxylic acids is 2. The standard InChI is InChI=1S/C11H18O5/c1-6-7(2)15-10(5-14-8(3)12)11(6)16-9(4)13/h6-7,10-11H,5H2,1-4H3/t6-,7?,10+,11-/m0/s1. The maximum absolute atomic E-state index is 11.0. The van der Waals surface area contributed by atoms with Gasteiger partial charge in [0, 0.05) is 19.8 Å². The van der Waals surface area contributed by atoms with E-state index in [0.717, 1.165) is 0 Å². The highest BCUT2D eigenvalue weighted by Crippen LogP contribution is 2.29. The quantitative estimate of drug-likeness (QED) is 0.674. The molecular weight excluding hydrogens is 212 g/mol. The first kappa shape index (κ1) is 13.0. The third-order valence-electron chi connectivity index (χ3n) is 2.77. The lowest BCUT2D eigenvalue weighted by Gasteiger charge is -2.20. The molecule has 0 amide bonds. The Hall–Kier alpha value is -1.10. The zero-order valence-corrected chi connectivity index (χ0v) is 10.1. The molecule has 1 heterocycles. The Morgan fingerprint density at radius 2 is 1.81 bits per heavy atom. The smallest absolute Gasteiger partial charge is 0.303 e. The van der Waals surface area contributed by atoms with Crippen molar-refractivity contribution in [3.05, 3.63) is 0 Å². The summed E-state index contributed by atoms with van der Waals surface area (Å²) >= 11 is 0. The molecule has 0 bridgehead atoms. The lowest BCUT2D eigenvalue weighted by Crippen LogP contribution is -2.34. The number of hydrogen-bond donors (Lipinski definition) is 0. The highest BCUT2D eigenvalue weighted by Gasteiger charge is 2.42. The SMILES string of the molecule is CC(=O)OC[C@H]1OC(C)[C@H](C)[C@@H]1OC(C)=O. The topological polar surface area (TPSA) is 61.8 Å². The zero-order chi connectivity index (χ0) is 12.3. The van der Waals surface area contributed by atoms with Gasteiger partial charge in [-0.2, -0.15) is 0 Å². The van der Waals surface area contributed by atoms with Crippen molar-refractivity contribution in [2.45, 2.75) is 46.0 Å². The van der Waals surface area contributed by atoms with E-state index in [1.165, 1.54) is 13.8 Å². The highest BCUT2D eigenvalue weighted by atomic mass is 16.6. The molecule has 5 heteroatoms. The van der Waals surface area contributed by atoms with Gasteiger partial charge >= 0.3 is 11.9 Å². The number of ether oxygens (including phenoxy) is 3. The number of esters is 2. The van der Waals surface area contributed by atoms with Crippen LogP contribution in [0.5, 0.6) is 0 Å². The summed E-state index contributed by atoms with van der Waals surface area (Å²) in [6.45, 7) is 6.68. The molecule has 1 fully saturated rings. The van der Waals surface area contributed by atoms with Gasteiger partial charge in [0.15, 0.2) is 0 Å². The normalized spacial score (nSPS) is 33.5. The summed E-state index contributed by atoms with van der Waals surface area (Å²) in [7, 11) is 0. The van der Waals surface area contributed by atoms with E-state index < -0.39 is 0 Å². The lowest BCUT2D eigenvalue weighted by atomic mass is 9.99. The van der Waals surface area contributed by atoms with Gasteiger partial charge in [0.2, 0.25) is 0 Å². The molecule has 1 saturated heterocycles. The van der Waals surface area contributed by atoms with Crippen LogP contribution in [0, 0.1) is 5.92 Å². The molecule has 4 atom stereocenters. The van der Waals surface area contributed by atoms with Crippen LogP contribution in [0.3, 0.4) is 0 Å². The highest BCUT2D eigenvalue weighted by molar-refractivity contribution is 5.66. The van der Waals surface area contributed by atoms with Gasteiger partial charge in [-0.05, 0) is 6.92 Å². The summed E-state index contributed by atoms with van der Waals surface area (Å²) in [5, 5.41) is 0. The van der Waals surface area contributed by atoms with Crippen LogP contribution in [-0.2, 0) is 23.8 Å². The van der Waals surface area contributed by atoms with Crippen molar-refractivity contribution in [3.8, 4) is 0 Å². The van der Waals surface area contributed by atoms with E-state index in [2.05, 4.69) is 0 Å². The molecule has 1 rings (SSSR count). The predicted octanol–water partition coefficient (Wildman–Crippen LogP) is 0.905. The summed E-state index contributed by atoms with van der Waals surface area (Å²) in [5.41, 5.74) is 0. The van der Waals surface area contributed by atoms with E-state index in [4.69, 9.17) is 14.2 Å². The fourth-order valence-corrected chi connectivity index (χ4v) is 1.79. The van der Waals surface area contributed by atoms with Crippen molar-refractivity contribution in [1.82, 2.24) is 0 Å². The van der Waals surface area contributed by atoms with Gasteiger partial charge in [-0.15, -0.1) is 0 Å². The Kier molecular flexibility index (Phi) is 4.29. The molecule has 1 aliphatic heterocycles. The van der Waals surface area contributed by atoms with Crippen molar-refractivity contribution in [2.24, 2.45) is 5.92 Å². The van der Waals surface area contributed by atoms with Gasteiger partial charge in [0.05, 0.1) is 6.10 Å².